The third-order valence-corrected chi connectivity index (χ3v) is 4.22. The minimum Gasteiger partial charge on any atom is -0.497 e. The summed E-state index contributed by atoms with van der Waals surface area (Å²) in [6, 6.07) is 17.2. The molecule has 140 valence electrons. The Morgan fingerprint density at radius 1 is 1.04 bits per heavy atom. The summed E-state index contributed by atoms with van der Waals surface area (Å²) in [7, 11) is 1.65. The molecule has 0 spiro atoms. The lowest BCUT2D eigenvalue weighted by atomic mass is 10.1. The van der Waals surface area contributed by atoms with Crippen LogP contribution in [0.15, 0.2) is 60.8 Å². The van der Waals surface area contributed by atoms with Crippen molar-refractivity contribution in [3.05, 3.63) is 72.1 Å². The fourth-order valence-electron chi connectivity index (χ4n) is 2.83. The van der Waals surface area contributed by atoms with Crippen molar-refractivity contribution in [1.29, 1.82) is 0 Å². The smallest absolute Gasteiger partial charge is 0.151 e. The first-order chi connectivity index (χ1) is 13.1. The first-order valence-electron chi connectivity index (χ1n) is 9.06. The molecule has 1 heterocycles. The van der Waals surface area contributed by atoms with Crippen LogP contribution in [-0.2, 0) is 6.42 Å². The minimum absolute atomic E-state index is 0.417. The molecular weight excluding hydrogens is 338 g/mol. The summed E-state index contributed by atoms with van der Waals surface area (Å²) >= 11 is 0. The molecular formula is C22H25N3O2. The van der Waals surface area contributed by atoms with Crippen molar-refractivity contribution < 1.29 is 9.84 Å². The van der Waals surface area contributed by atoms with Gasteiger partial charge in [-0.05, 0) is 36.6 Å². The number of methoxy groups -OCH3 is 1. The first-order valence-corrected chi connectivity index (χ1v) is 9.06. The second kappa shape index (κ2) is 8.64. The van der Waals surface area contributed by atoms with E-state index in [1.165, 1.54) is 0 Å². The van der Waals surface area contributed by atoms with E-state index >= 15 is 0 Å². The molecule has 5 nitrogen and oxygen atoms in total. The maximum absolute atomic E-state index is 10.5. The van der Waals surface area contributed by atoms with Gasteiger partial charge in [0.1, 0.15) is 11.6 Å². The molecule has 2 N–H and O–H groups in total. The molecule has 0 aliphatic carbocycles. The quantitative estimate of drug-likeness (QED) is 0.607. The lowest BCUT2D eigenvalue weighted by Gasteiger charge is -2.17. The molecule has 0 radical (unpaired) electrons. The highest BCUT2D eigenvalue weighted by Gasteiger charge is 2.15. The van der Waals surface area contributed by atoms with E-state index in [0.29, 0.717) is 11.7 Å². The number of nitrogens with one attached hydrogen (secondary N) is 1. The van der Waals surface area contributed by atoms with Crippen molar-refractivity contribution in [3.8, 4) is 17.0 Å². The van der Waals surface area contributed by atoms with E-state index < -0.39 is 6.23 Å². The fourth-order valence-corrected chi connectivity index (χ4v) is 2.83. The standard InChI is InChI=1S/C22H25N3O2/c1-15(2)13-19-21(25-22(26)17-7-5-4-6-8-17)23-14-20(24-19)16-9-11-18(27-3)12-10-16/h4-12,14-15,22,26H,13H2,1-3H3,(H,23,25). The van der Waals surface area contributed by atoms with E-state index in [1.54, 1.807) is 13.3 Å². The van der Waals surface area contributed by atoms with Crippen molar-refractivity contribution in [2.75, 3.05) is 12.4 Å². The molecule has 0 saturated heterocycles. The normalized spacial score (nSPS) is 12.0. The summed E-state index contributed by atoms with van der Waals surface area (Å²) in [5, 5.41) is 13.6. The van der Waals surface area contributed by atoms with Crippen LogP contribution in [0, 0.1) is 5.92 Å². The van der Waals surface area contributed by atoms with Gasteiger partial charge < -0.3 is 15.2 Å². The van der Waals surface area contributed by atoms with Crippen LogP contribution in [0.2, 0.25) is 0 Å². The predicted molar refractivity (Wildman–Crippen MR) is 108 cm³/mol. The number of hydrogen-bond acceptors (Lipinski definition) is 5. The number of rotatable bonds is 7. The number of benzene rings is 2. The number of nitrogens with zero attached hydrogens (tertiary/aromatic N) is 2. The molecule has 3 rings (SSSR count). The number of aliphatic hydroxyl groups is 1. The summed E-state index contributed by atoms with van der Waals surface area (Å²) in [6.45, 7) is 4.28. The Bertz CT molecular complexity index is 864. The van der Waals surface area contributed by atoms with E-state index in [2.05, 4.69) is 24.1 Å². The van der Waals surface area contributed by atoms with Gasteiger partial charge in [-0.1, -0.05) is 44.2 Å². The van der Waals surface area contributed by atoms with Crippen molar-refractivity contribution in [2.45, 2.75) is 26.5 Å². The van der Waals surface area contributed by atoms with E-state index in [-0.39, 0.29) is 0 Å². The molecule has 1 atom stereocenters. The van der Waals surface area contributed by atoms with Crippen molar-refractivity contribution >= 4 is 5.82 Å². The Hall–Kier alpha value is -2.92. The molecule has 3 aromatic rings. The van der Waals surface area contributed by atoms with E-state index in [9.17, 15) is 5.11 Å². The zero-order chi connectivity index (χ0) is 19.2. The second-order valence-corrected chi connectivity index (χ2v) is 6.83. The molecule has 0 aliphatic rings. The third kappa shape index (κ3) is 4.83. The molecule has 0 saturated carbocycles. The van der Waals surface area contributed by atoms with Crippen LogP contribution >= 0.6 is 0 Å². The highest BCUT2D eigenvalue weighted by molar-refractivity contribution is 5.61. The molecule has 2 aromatic carbocycles. The monoisotopic (exact) mass is 363 g/mol. The number of aromatic nitrogens is 2. The average molecular weight is 363 g/mol. The van der Waals surface area contributed by atoms with Crippen molar-refractivity contribution in [3.63, 3.8) is 0 Å². The highest BCUT2D eigenvalue weighted by Crippen LogP contribution is 2.25. The zero-order valence-electron chi connectivity index (χ0n) is 15.9. The fraction of sp³-hybridized carbons (Fsp3) is 0.273. The van der Waals surface area contributed by atoms with Crippen LogP contribution in [0.4, 0.5) is 5.82 Å². The average Bonchev–Trinajstić information content (AvgIpc) is 2.69. The van der Waals surface area contributed by atoms with Gasteiger partial charge in [0.05, 0.1) is 24.7 Å². The van der Waals surface area contributed by atoms with Crippen molar-refractivity contribution in [2.24, 2.45) is 5.92 Å². The van der Waals surface area contributed by atoms with Crippen LogP contribution < -0.4 is 10.1 Å². The van der Waals surface area contributed by atoms with Gasteiger partial charge in [-0.15, -0.1) is 0 Å². The lowest BCUT2D eigenvalue weighted by molar-refractivity contribution is 0.207. The first kappa shape index (κ1) is 18.9. The number of anilines is 1. The SMILES string of the molecule is COc1ccc(-c2cnc(NC(O)c3ccccc3)c(CC(C)C)n2)cc1. The van der Waals surface area contributed by atoms with Crippen LogP contribution in [0.1, 0.15) is 31.3 Å². The van der Waals surface area contributed by atoms with Gasteiger partial charge in [0.2, 0.25) is 0 Å². The Kier molecular flexibility index (Phi) is 6.04. The van der Waals surface area contributed by atoms with Gasteiger partial charge in [-0.25, -0.2) is 9.97 Å². The predicted octanol–water partition coefficient (Wildman–Crippen LogP) is 4.45. The van der Waals surface area contributed by atoms with Crippen LogP contribution in [0.25, 0.3) is 11.3 Å². The number of hydrogen-bond donors (Lipinski definition) is 2. The van der Waals surface area contributed by atoms with Gasteiger partial charge in [0.15, 0.2) is 6.23 Å². The van der Waals surface area contributed by atoms with E-state index in [4.69, 9.17) is 9.72 Å². The maximum Gasteiger partial charge on any atom is 0.151 e. The van der Waals surface area contributed by atoms with Gasteiger partial charge in [-0.2, -0.15) is 0 Å². The van der Waals surface area contributed by atoms with Crippen LogP contribution in [-0.4, -0.2) is 22.2 Å². The Labute approximate surface area is 160 Å². The third-order valence-electron chi connectivity index (χ3n) is 4.22. The van der Waals surface area contributed by atoms with Crippen molar-refractivity contribution in [1.82, 2.24) is 9.97 Å². The summed E-state index contributed by atoms with van der Waals surface area (Å²) in [5.41, 5.74) is 3.40. The molecule has 0 bridgehead atoms. The second-order valence-electron chi connectivity index (χ2n) is 6.83. The Morgan fingerprint density at radius 2 is 1.74 bits per heavy atom. The maximum atomic E-state index is 10.5. The van der Waals surface area contributed by atoms with Crippen LogP contribution in [0.3, 0.4) is 0 Å². The van der Waals surface area contributed by atoms with E-state index in [1.807, 2.05) is 54.6 Å². The topological polar surface area (TPSA) is 67.3 Å². The number of ether oxygens (including phenoxy) is 1. The molecule has 27 heavy (non-hydrogen) atoms. The molecule has 5 heteroatoms. The minimum atomic E-state index is -0.835. The largest absolute Gasteiger partial charge is 0.497 e. The lowest BCUT2D eigenvalue weighted by Crippen LogP contribution is -2.14. The Morgan fingerprint density at radius 3 is 2.37 bits per heavy atom. The number of aliphatic hydroxyl groups excluding tert-OH is 1. The van der Waals surface area contributed by atoms with Gasteiger partial charge in [0.25, 0.3) is 0 Å². The van der Waals surface area contributed by atoms with Gasteiger partial charge >= 0.3 is 0 Å². The molecule has 1 aromatic heterocycles. The summed E-state index contributed by atoms with van der Waals surface area (Å²) in [6.07, 6.45) is 1.66. The molecule has 0 fully saturated rings. The summed E-state index contributed by atoms with van der Waals surface area (Å²) in [5.74, 6) is 1.83. The molecule has 1 unspecified atom stereocenters. The highest BCUT2D eigenvalue weighted by atomic mass is 16.5. The zero-order valence-corrected chi connectivity index (χ0v) is 15.9. The van der Waals surface area contributed by atoms with E-state index in [0.717, 1.165) is 34.7 Å². The molecule has 0 amide bonds. The summed E-state index contributed by atoms with van der Waals surface area (Å²) in [4.78, 5) is 9.36. The Balaban J connectivity index is 1.89. The van der Waals surface area contributed by atoms with Crippen LogP contribution in [0.5, 0.6) is 5.75 Å². The van der Waals surface area contributed by atoms with Gasteiger partial charge in [-0.3, -0.25) is 0 Å². The summed E-state index contributed by atoms with van der Waals surface area (Å²) < 4.78 is 5.21. The molecule has 0 aliphatic heterocycles. The van der Waals surface area contributed by atoms with Gasteiger partial charge in [0, 0.05) is 11.1 Å².